The zero-order chi connectivity index (χ0) is 20.3. The number of sulfonamides is 1. The highest BCUT2D eigenvalue weighted by atomic mass is 79.9. The van der Waals surface area contributed by atoms with E-state index in [9.17, 15) is 8.42 Å². The third-order valence-electron chi connectivity index (χ3n) is 5.38. The summed E-state index contributed by atoms with van der Waals surface area (Å²) in [5, 5.41) is 5.23. The second kappa shape index (κ2) is 7.03. The van der Waals surface area contributed by atoms with Gasteiger partial charge in [0.15, 0.2) is 4.51 Å². The summed E-state index contributed by atoms with van der Waals surface area (Å²) in [5.41, 5.74) is 4.41. The number of allylic oxidation sites excluding steroid dienone is 6. The maximum Gasteiger partial charge on any atom is 0.238 e. The van der Waals surface area contributed by atoms with Crippen LogP contribution in [0.3, 0.4) is 0 Å². The topological polar surface area (TPSA) is 69.4 Å². The fraction of sp³-hybridized carbons (Fsp3) is 0.300. The summed E-state index contributed by atoms with van der Waals surface area (Å²) in [6, 6.07) is 6.75. The van der Waals surface area contributed by atoms with Gasteiger partial charge in [-0.2, -0.15) is 0 Å². The van der Waals surface area contributed by atoms with E-state index in [2.05, 4.69) is 66.0 Å². The zero-order valence-corrected chi connectivity index (χ0v) is 20.5. The van der Waals surface area contributed by atoms with Crippen molar-refractivity contribution in [1.82, 2.24) is 0 Å². The van der Waals surface area contributed by atoms with Crippen molar-refractivity contribution in [2.45, 2.75) is 27.1 Å². The second-order valence-electron chi connectivity index (χ2n) is 7.28. The van der Waals surface area contributed by atoms with Crippen molar-refractivity contribution < 1.29 is 13.2 Å². The molecule has 1 aromatic carbocycles. The minimum atomic E-state index is -3.71. The van der Waals surface area contributed by atoms with Crippen LogP contribution >= 0.6 is 47.8 Å². The minimum Gasteiger partial charge on any atom is -0.362 e. The highest BCUT2D eigenvalue weighted by molar-refractivity contribution is 9.15. The molecule has 4 rings (SSSR count). The number of nitrogens with two attached hydrogens (primary N) is 1. The fourth-order valence-electron chi connectivity index (χ4n) is 3.55. The van der Waals surface area contributed by atoms with Crippen molar-refractivity contribution in [3.05, 3.63) is 69.8 Å². The van der Waals surface area contributed by atoms with Crippen molar-refractivity contribution in [3.8, 4) is 0 Å². The summed E-state index contributed by atoms with van der Waals surface area (Å²) in [6.07, 6.45) is 10.9. The maximum atomic E-state index is 11.6. The lowest BCUT2D eigenvalue weighted by Crippen LogP contribution is -2.34. The van der Waals surface area contributed by atoms with Crippen LogP contribution in [0.2, 0.25) is 0 Å². The maximum absolute atomic E-state index is 11.6. The quantitative estimate of drug-likeness (QED) is 0.492. The third kappa shape index (κ3) is 3.56. The molecular formula is C20H18Br3NO3S. The minimum absolute atomic E-state index is 0.0901. The van der Waals surface area contributed by atoms with Crippen LogP contribution in [0.1, 0.15) is 18.4 Å². The van der Waals surface area contributed by atoms with Gasteiger partial charge in [0, 0.05) is 17.0 Å². The van der Waals surface area contributed by atoms with Crippen LogP contribution in [-0.4, -0.2) is 24.9 Å². The fourth-order valence-corrected chi connectivity index (χ4v) is 6.01. The number of rotatable bonds is 4. The van der Waals surface area contributed by atoms with Crippen LogP contribution in [-0.2, 0) is 14.8 Å². The molecule has 2 unspecified atom stereocenters. The van der Waals surface area contributed by atoms with Gasteiger partial charge in [0.1, 0.15) is 0 Å². The number of ether oxygens (including phenoxy) is 1. The molecule has 148 valence electrons. The Balaban J connectivity index is 1.76. The molecule has 8 heteroatoms. The molecule has 1 spiro atoms. The highest BCUT2D eigenvalue weighted by Crippen LogP contribution is 2.58. The predicted molar refractivity (Wildman–Crippen MR) is 122 cm³/mol. The molecule has 0 aliphatic heterocycles. The average molecular weight is 592 g/mol. The van der Waals surface area contributed by atoms with Gasteiger partial charge in [-0.15, -0.1) is 0 Å². The van der Waals surface area contributed by atoms with Crippen LogP contribution in [0, 0.1) is 5.41 Å². The standard InChI is InChI=1S/C20H18Br3NO3S/c1-27-20(23)7-6-14(17(21)18(20)22)16-11-19(8-9-19)10-15(16)12-2-4-13(5-3-12)28(24,25)26/h2-7,10-11,18H,8-9H2,1H3,(H2,24,25,26). The Labute approximate surface area is 190 Å². The molecule has 4 nitrogen and oxygen atoms in total. The van der Waals surface area contributed by atoms with E-state index >= 15 is 0 Å². The van der Waals surface area contributed by atoms with E-state index in [1.165, 1.54) is 0 Å². The van der Waals surface area contributed by atoms with Crippen molar-refractivity contribution in [2.24, 2.45) is 10.6 Å². The third-order valence-corrected chi connectivity index (χ3v) is 10.6. The summed E-state index contributed by atoms with van der Waals surface area (Å²) < 4.78 is 29.1. The summed E-state index contributed by atoms with van der Waals surface area (Å²) in [6.45, 7) is 0. The Kier molecular flexibility index (Phi) is 5.21. The molecule has 2 N–H and O–H groups in total. The molecule has 28 heavy (non-hydrogen) atoms. The molecule has 1 saturated carbocycles. The summed E-state index contributed by atoms with van der Waals surface area (Å²) >= 11 is 11.1. The molecule has 0 radical (unpaired) electrons. The van der Waals surface area contributed by atoms with Gasteiger partial charge in [0.05, 0.1) is 9.72 Å². The molecule has 3 aliphatic rings. The Morgan fingerprint density at radius 2 is 1.75 bits per heavy atom. The monoisotopic (exact) mass is 589 g/mol. The van der Waals surface area contributed by atoms with Crippen LogP contribution in [0.15, 0.2) is 69.1 Å². The van der Waals surface area contributed by atoms with Gasteiger partial charge >= 0.3 is 0 Å². The van der Waals surface area contributed by atoms with Crippen molar-refractivity contribution in [1.29, 1.82) is 0 Å². The Hall–Kier alpha value is -0.510. The van der Waals surface area contributed by atoms with Crippen LogP contribution in [0.25, 0.3) is 5.57 Å². The van der Waals surface area contributed by atoms with Crippen LogP contribution < -0.4 is 5.14 Å². The van der Waals surface area contributed by atoms with Gasteiger partial charge in [-0.05, 0) is 69.3 Å². The molecule has 0 amide bonds. The van der Waals surface area contributed by atoms with E-state index < -0.39 is 14.5 Å². The molecule has 0 aromatic heterocycles. The Morgan fingerprint density at radius 1 is 1.14 bits per heavy atom. The molecule has 0 bridgehead atoms. The van der Waals surface area contributed by atoms with Gasteiger partial charge in [-0.3, -0.25) is 0 Å². The first-order valence-corrected chi connectivity index (χ1v) is 12.7. The van der Waals surface area contributed by atoms with Crippen molar-refractivity contribution in [2.75, 3.05) is 7.11 Å². The molecule has 0 heterocycles. The van der Waals surface area contributed by atoms with Crippen molar-refractivity contribution in [3.63, 3.8) is 0 Å². The van der Waals surface area contributed by atoms with Gasteiger partial charge in [0.2, 0.25) is 10.0 Å². The van der Waals surface area contributed by atoms with E-state index in [0.29, 0.717) is 0 Å². The Morgan fingerprint density at radius 3 is 2.29 bits per heavy atom. The van der Waals surface area contributed by atoms with E-state index in [0.717, 1.165) is 39.6 Å². The molecular weight excluding hydrogens is 574 g/mol. The Bertz CT molecular complexity index is 1070. The summed E-state index contributed by atoms with van der Waals surface area (Å²) in [7, 11) is -2.05. The number of primary sulfonamides is 1. The van der Waals surface area contributed by atoms with Gasteiger partial charge < -0.3 is 4.74 Å². The van der Waals surface area contributed by atoms with Crippen molar-refractivity contribution >= 4 is 63.4 Å². The largest absolute Gasteiger partial charge is 0.362 e. The van der Waals surface area contributed by atoms with E-state index in [1.807, 2.05) is 18.2 Å². The van der Waals surface area contributed by atoms with Gasteiger partial charge in [-0.1, -0.05) is 62.2 Å². The second-order valence-corrected chi connectivity index (χ2v) is 11.8. The summed E-state index contributed by atoms with van der Waals surface area (Å²) in [4.78, 5) is 0.0248. The number of hydrogen-bond donors (Lipinski definition) is 1. The van der Waals surface area contributed by atoms with Gasteiger partial charge in [0.25, 0.3) is 0 Å². The molecule has 0 saturated heterocycles. The lowest BCUT2D eigenvalue weighted by molar-refractivity contribution is 0.124. The lowest BCUT2D eigenvalue weighted by atomic mass is 9.91. The van der Waals surface area contributed by atoms with Crippen LogP contribution in [0.5, 0.6) is 0 Å². The van der Waals surface area contributed by atoms with E-state index in [1.54, 1.807) is 19.2 Å². The van der Waals surface area contributed by atoms with E-state index in [4.69, 9.17) is 9.88 Å². The number of benzene rings is 1. The first-order valence-electron chi connectivity index (χ1n) is 8.65. The zero-order valence-electron chi connectivity index (χ0n) is 15.0. The average Bonchev–Trinajstić information content (AvgIpc) is 3.31. The first kappa shape index (κ1) is 20.8. The SMILES string of the molecule is COC1(Br)C=CC(C2=CC3(C=C2c2ccc(S(N)(=O)=O)cc2)CC3)=C(Br)C1Br. The molecule has 1 fully saturated rings. The number of hydrogen-bond acceptors (Lipinski definition) is 3. The van der Waals surface area contributed by atoms with Crippen LogP contribution in [0.4, 0.5) is 0 Å². The van der Waals surface area contributed by atoms with E-state index in [-0.39, 0.29) is 15.1 Å². The normalized spacial score (nSPS) is 28.5. The molecule has 1 aromatic rings. The summed E-state index contributed by atoms with van der Waals surface area (Å²) in [5.74, 6) is 0. The molecule has 2 atom stereocenters. The highest BCUT2D eigenvalue weighted by Gasteiger charge is 2.45. The number of methoxy groups -OCH3 is 1. The number of alkyl halides is 2. The predicted octanol–water partition coefficient (Wildman–Crippen LogP) is 5.16. The lowest BCUT2D eigenvalue weighted by Gasteiger charge is -2.32. The number of halogens is 3. The smallest absolute Gasteiger partial charge is 0.238 e. The first-order chi connectivity index (χ1) is 13.1. The molecule has 3 aliphatic carbocycles. The van der Waals surface area contributed by atoms with Gasteiger partial charge in [-0.25, -0.2) is 13.6 Å².